The van der Waals surface area contributed by atoms with E-state index in [1.165, 1.54) is 6.92 Å². The molecule has 2 amide bonds. The minimum Gasteiger partial charge on any atom is -0.480 e. The molecule has 1 rings (SSSR count). The number of hydrogen-bond acceptors (Lipinski definition) is 2. The van der Waals surface area contributed by atoms with Crippen LogP contribution in [0.5, 0.6) is 0 Å². The molecule has 6 heteroatoms. The third-order valence-corrected chi connectivity index (χ3v) is 2.17. The molecule has 0 aliphatic carbocycles. The number of carbonyl (C=O) groups is 2. The van der Waals surface area contributed by atoms with Gasteiger partial charge in [-0.05, 0) is 19.1 Å². The lowest BCUT2D eigenvalue weighted by Crippen LogP contribution is -2.40. The fraction of sp³-hybridized carbons (Fsp3) is 0.200. The topological polar surface area (TPSA) is 78.4 Å². The Morgan fingerprint density at radius 2 is 2.00 bits per heavy atom. The van der Waals surface area contributed by atoms with Crippen molar-refractivity contribution in [1.29, 1.82) is 0 Å². The number of benzene rings is 1. The zero-order chi connectivity index (χ0) is 12.1. The lowest BCUT2D eigenvalue weighted by molar-refractivity contribution is -0.138. The molecule has 3 N–H and O–H groups in total. The Balaban J connectivity index is 2.59. The van der Waals surface area contributed by atoms with E-state index in [1.807, 2.05) is 0 Å². The number of hydrogen-bond donors (Lipinski definition) is 3. The van der Waals surface area contributed by atoms with Gasteiger partial charge in [0.15, 0.2) is 0 Å². The summed E-state index contributed by atoms with van der Waals surface area (Å²) in [4.78, 5) is 21.8. The molecule has 0 fully saturated rings. The monoisotopic (exact) mass is 242 g/mol. The van der Waals surface area contributed by atoms with Crippen LogP contribution in [0.3, 0.4) is 0 Å². The molecule has 0 saturated heterocycles. The molecule has 0 radical (unpaired) electrons. The molecule has 86 valence electrons. The van der Waals surface area contributed by atoms with Gasteiger partial charge >= 0.3 is 12.0 Å². The van der Waals surface area contributed by atoms with E-state index >= 15 is 0 Å². The largest absolute Gasteiger partial charge is 0.480 e. The lowest BCUT2D eigenvalue weighted by Gasteiger charge is -2.11. The van der Waals surface area contributed by atoms with E-state index in [1.54, 1.807) is 24.3 Å². The molecule has 1 aromatic carbocycles. The summed E-state index contributed by atoms with van der Waals surface area (Å²) in [5.74, 6) is -1.10. The number of halogens is 1. The Morgan fingerprint density at radius 3 is 2.56 bits per heavy atom. The number of para-hydroxylation sites is 1. The van der Waals surface area contributed by atoms with Crippen molar-refractivity contribution in [2.75, 3.05) is 5.32 Å². The van der Waals surface area contributed by atoms with Crippen molar-refractivity contribution < 1.29 is 14.7 Å². The maximum absolute atomic E-state index is 11.3. The van der Waals surface area contributed by atoms with E-state index < -0.39 is 18.0 Å². The predicted octanol–water partition coefficient (Wildman–Crippen LogP) is 1.93. The second kappa shape index (κ2) is 5.37. The highest BCUT2D eigenvalue weighted by atomic mass is 35.5. The normalized spacial score (nSPS) is 11.6. The number of carboxylic acids is 1. The first-order valence-corrected chi connectivity index (χ1v) is 4.93. The number of aliphatic carboxylic acids is 1. The van der Waals surface area contributed by atoms with Crippen LogP contribution in [0.25, 0.3) is 0 Å². The molecule has 0 unspecified atom stereocenters. The first-order chi connectivity index (χ1) is 7.50. The van der Waals surface area contributed by atoms with Crippen LogP contribution in [0.15, 0.2) is 24.3 Å². The second-order valence-corrected chi connectivity index (χ2v) is 3.55. The maximum atomic E-state index is 11.3. The molecule has 0 bridgehead atoms. The molecule has 0 aliphatic rings. The summed E-state index contributed by atoms with van der Waals surface area (Å²) in [7, 11) is 0. The van der Waals surface area contributed by atoms with Gasteiger partial charge in [0.2, 0.25) is 0 Å². The zero-order valence-corrected chi connectivity index (χ0v) is 9.28. The number of carboxylic acid groups (broad SMARTS) is 1. The van der Waals surface area contributed by atoms with Crippen LogP contribution in [0.1, 0.15) is 6.92 Å². The van der Waals surface area contributed by atoms with Crippen molar-refractivity contribution in [1.82, 2.24) is 5.32 Å². The van der Waals surface area contributed by atoms with Crippen molar-refractivity contribution in [2.45, 2.75) is 13.0 Å². The zero-order valence-electron chi connectivity index (χ0n) is 8.53. The summed E-state index contributed by atoms with van der Waals surface area (Å²) in [5, 5.41) is 13.7. The van der Waals surface area contributed by atoms with E-state index in [4.69, 9.17) is 16.7 Å². The second-order valence-electron chi connectivity index (χ2n) is 3.14. The standard InChI is InChI=1S/C10H11ClN2O3/c1-6(9(14)15)12-10(16)13-8-5-3-2-4-7(8)11/h2-6H,1H3,(H,14,15)(H2,12,13,16)/t6-/m0/s1. The Labute approximate surface area is 97.4 Å². The van der Waals surface area contributed by atoms with Gasteiger partial charge in [-0.1, -0.05) is 23.7 Å². The fourth-order valence-corrected chi connectivity index (χ4v) is 1.16. The first-order valence-electron chi connectivity index (χ1n) is 4.55. The molecule has 1 atom stereocenters. The fourth-order valence-electron chi connectivity index (χ4n) is 0.979. The van der Waals surface area contributed by atoms with Gasteiger partial charge in [0.1, 0.15) is 6.04 Å². The van der Waals surface area contributed by atoms with Gasteiger partial charge < -0.3 is 15.7 Å². The average Bonchev–Trinajstić information content (AvgIpc) is 2.21. The molecule has 0 heterocycles. The van der Waals surface area contributed by atoms with Crippen molar-refractivity contribution in [3.8, 4) is 0 Å². The summed E-state index contributed by atoms with van der Waals surface area (Å²) in [6, 6.07) is 5.11. The van der Waals surface area contributed by atoms with Crippen LogP contribution < -0.4 is 10.6 Å². The number of carbonyl (C=O) groups excluding carboxylic acids is 1. The van der Waals surface area contributed by atoms with E-state index in [9.17, 15) is 9.59 Å². The maximum Gasteiger partial charge on any atom is 0.325 e. The molecule has 0 spiro atoms. The van der Waals surface area contributed by atoms with Crippen LogP contribution in [-0.4, -0.2) is 23.1 Å². The average molecular weight is 243 g/mol. The highest BCUT2D eigenvalue weighted by Crippen LogP contribution is 2.19. The minimum atomic E-state index is -1.10. The molecule has 0 aromatic heterocycles. The SMILES string of the molecule is C[C@H](NC(=O)Nc1ccccc1Cl)C(=O)O. The van der Waals surface area contributed by atoms with Gasteiger partial charge in [-0.25, -0.2) is 4.79 Å². The quantitative estimate of drug-likeness (QED) is 0.758. The summed E-state index contributed by atoms with van der Waals surface area (Å²) in [6.07, 6.45) is 0. The smallest absolute Gasteiger partial charge is 0.325 e. The van der Waals surface area contributed by atoms with Gasteiger partial charge in [0, 0.05) is 0 Å². The highest BCUT2D eigenvalue weighted by Gasteiger charge is 2.14. The summed E-state index contributed by atoms with van der Waals surface area (Å²) in [5.41, 5.74) is 0.430. The van der Waals surface area contributed by atoms with Crippen LogP contribution in [0, 0.1) is 0 Å². The molecule has 16 heavy (non-hydrogen) atoms. The van der Waals surface area contributed by atoms with Crippen LogP contribution in [0.2, 0.25) is 5.02 Å². The molecular weight excluding hydrogens is 232 g/mol. The number of anilines is 1. The number of rotatable bonds is 3. The molecule has 1 aromatic rings. The van der Waals surface area contributed by atoms with E-state index in [0.717, 1.165) is 0 Å². The summed E-state index contributed by atoms with van der Waals surface area (Å²) < 4.78 is 0. The van der Waals surface area contributed by atoms with E-state index in [-0.39, 0.29) is 0 Å². The third kappa shape index (κ3) is 3.43. The van der Waals surface area contributed by atoms with Crippen LogP contribution in [0.4, 0.5) is 10.5 Å². The molecule has 0 aliphatic heterocycles. The Bertz CT molecular complexity index is 409. The first kappa shape index (κ1) is 12.3. The van der Waals surface area contributed by atoms with Crippen molar-refractivity contribution in [3.63, 3.8) is 0 Å². The van der Waals surface area contributed by atoms with Crippen molar-refractivity contribution in [3.05, 3.63) is 29.3 Å². The van der Waals surface area contributed by atoms with Gasteiger partial charge in [-0.3, -0.25) is 4.79 Å². The Kier molecular flexibility index (Phi) is 4.13. The van der Waals surface area contributed by atoms with E-state index in [0.29, 0.717) is 10.7 Å². The third-order valence-electron chi connectivity index (χ3n) is 1.84. The number of nitrogens with one attached hydrogen (secondary N) is 2. The highest BCUT2D eigenvalue weighted by molar-refractivity contribution is 6.33. The molecule has 0 saturated carbocycles. The van der Waals surface area contributed by atoms with Gasteiger partial charge in [-0.15, -0.1) is 0 Å². The summed E-state index contributed by atoms with van der Waals surface area (Å²) in [6.45, 7) is 1.37. The van der Waals surface area contributed by atoms with Gasteiger partial charge in [0.05, 0.1) is 10.7 Å². The minimum absolute atomic E-state index is 0.389. The van der Waals surface area contributed by atoms with Gasteiger partial charge in [-0.2, -0.15) is 0 Å². The van der Waals surface area contributed by atoms with Crippen LogP contribution in [-0.2, 0) is 4.79 Å². The number of urea groups is 1. The predicted molar refractivity (Wildman–Crippen MR) is 60.7 cm³/mol. The van der Waals surface area contributed by atoms with Crippen LogP contribution >= 0.6 is 11.6 Å². The lowest BCUT2D eigenvalue weighted by atomic mass is 10.3. The van der Waals surface area contributed by atoms with E-state index in [2.05, 4.69) is 10.6 Å². The Morgan fingerprint density at radius 1 is 1.38 bits per heavy atom. The van der Waals surface area contributed by atoms with Crippen molar-refractivity contribution in [2.24, 2.45) is 0 Å². The Hall–Kier alpha value is -1.75. The van der Waals surface area contributed by atoms with Gasteiger partial charge in [0.25, 0.3) is 0 Å². The molecular formula is C10H11ClN2O3. The molecule has 5 nitrogen and oxygen atoms in total. The van der Waals surface area contributed by atoms with Crippen molar-refractivity contribution >= 4 is 29.3 Å². The number of amides is 2. The summed E-state index contributed by atoms with van der Waals surface area (Å²) >= 11 is 5.81.